The molecule has 4 heteroatoms. The highest BCUT2D eigenvalue weighted by Gasteiger charge is 2.24. The van der Waals surface area contributed by atoms with Crippen molar-refractivity contribution < 1.29 is 4.79 Å². The molecule has 0 radical (unpaired) electrons. The molecule has 21 heavy (non-hydrogen) atoms. The third-order valence-corrected chi connectivity index (χ3v) is 3.87. The molecular weight excluding hydrogens is 262 g/mol. The van der Waals surface area contributed by atoms with Crippen LogP contribution in [0.4, 0.5) is 11.4 Å². The molecule has 0 fully saturated rings. The normalized spacial score (nSPS) is 15.3. The molecule has 0 saturated heterocycles. The fourth-order valence-corrected chi connectivity index (χ4v) is 2.68. The van der Waals surface area contributed by atoms with Gasteiger partial charge in [0.15, 0.2) is 0 Å². The molecule has 1 aliphatic rings. The maximum Gasteiger partial charge on any atom is 0.256 e. The maximum atomic E-state index is 12.2. The summed E-state index contributed by atoms with van der Waals surface area (Å²) in [5.41, 5.74) is 12.3. The molecule has 1 aromatic heterocycles. The van der Waals surface area contributed by atoms with Crippen LogP contribution in [0.15, 0.2) is 24.3 Å². The second-order valence-corrected chi connectivity index (χ2v) is 5.26. The van der Waals surface area contributed by atoms with Gasteiger partial charge in [0.05, 0.1) is 5.57 Å². The van der Waals surface area contributed by atoms with Gasteiger partial charge in [-0.25, -0.2) is 0 Å². The third kappa shape index (κ3) is 2.33. The molecule has 0 aliphatic carbocycles. The summed E-state index contributed by atoms with van der Waals surface area (Å²) in [5, 5.41) is 2.88. The fraction of sp³-hybridized carbons (Fsp3) is 0.235. The van der Waals surface area contributed by atoms with Gasteiger partial charge >= 0.3 is 0 Å². The molecular formula is C17H19N3O. The summed E-state index contributed by atoms with van der Waals surface area (Å²) < 4.78 is 0. The van der Waals surface area contributed by atoms with Crippen molar-refractivity contribution in [2.45, 2.75) is 26.7 Å². The molecule has 1 amide bonds. The lowest BCUT2D eigenvalue weighted by Gasteiger charge is -2.01. The van der Waals surface area contributed by atoms with E-state index in [2.05, 4.69) is 30.2 Å². The average Bonchev–Trinajstić information content (AvgIpc) is 3.01. The number of hydrogen-bond acceptors (Lipinski definition) is 2. The van der Waals surface area contributed by atoms with Gasteiger partial charge in [0, 0.05) is 28.3 Å². The molecule has 2 aromatic rings. The first-order valence-electron chi connectivity index (χ1n) is 7.26. The number of fused-ring (bicyclic) bond motifs is 1. The zero-order chi connectivity index (χ0) is 15.0. The van der Waals surface area contributed by atoms with Gasteiger partial charge in [0.1, 0.15) is 0 Å². The van der Waals surface area contributed by atoms with Crippen LogP contribution in [0.3, 0.4) is 0 Å². The first-order chi connectivity index (χ1) is 10.1. The first kappa shape index (κ1) is 13.5. The Kier molecular flexibility index (Phi) is 3.29. The van der Waals surface area contributed by atoms with Crippen molar-refractivity contribution in [1.82, 2.24) is 4.98 Å². The number of carbonyl (C=O) groups is 1. The zero-order valence-electron chi connectivity index (χ0n) is 12.3. The molecule has 0 atom stereocenters. The second kappa shape index (κ2) is 5.13. The third-order valence-electron chi connectivity index (χ3n) is 3.87. The van der Waals surface area contributed by atoms with E-state index < -0.39 is 0 Å². The van der Waals surface area contributed by atoms with Crippen molar-refractivity contribution >= 4 is 28.9 Å². The van der Waals surface area contributed by atoms with Gasteiger partial charge in [0.25, 0.3) is 5.91 Å². The van der Waals surface area contributed by atoms with Crippen LogP contribution in [0.25, 0.3) is 11.6 Å². The number of nitrogen functional groups attached to an aromatic ring is 1. The molecule has 4 nitrogen and oxygen atoms in total. The number of aromatic nitrogens is 1. The first-order valence-corrected chi connectivity index (χ1v) is 7.26. The van der Waals surface area contributed by atoms with E-state index in [4.69, 9.17) is 5.73 Å². The predicted octanol–water partition coefficient (Wildman–Crippen LogP) is 3.21. The lowest BCUT2D eigenvalue weighted by molar-refractivity contribution is -0.110. The minimum absolute atomic E-state index is 0.0784. The second-order valence-electron chi connectivity index (χ2n) is 5.26. The van der Waals surface area contributed by atoms with Crippen molar-refractivity contribution in [2.75, 3.05) is 11.1 Å². The topological polar surface area (TPSA) is 70.9 Å². The summed E-state index contributed by atoms with van der Waals surface area (Å²) in [7, 11) is 0. The van der Waals surface area contributed by atoms with Crippen LogP contribution in [-0.4, -0.2) is 10.9 Å². The Morgan fingerprint density at radius 3 is 2.71 bits per heavy atom. The number of H-pyrrole nitrogens is 1. The number of benzene rings is 1. The van der Waals surface area contributed by atoms with Crippen molar-refractivity contribution in [1.29, 1.82) is 0 Å². The Morgan fingerprint density at radius 1 is 1.19 bits per heavy atom. The van der Waals surface area contributed by atoms with E-state index in [0.29, 0.717) is 11.3 Å². The molecule has 1 aliphatic heterocycles. The number of aryl methyl sites for hydroxylation is 2. The summed E-state index contributed by atoms with van der Waals surface area (Å²) in [5.74, 6) is -0.0784. The van der Waals surface area contributed by atoms with Crippen LogP contribution >= 0.6 is 0 Å². The molecule has 0 saturated carbocycles. The molecule has 2 heterocycles. The van der Waals surface area contributed by atoms with Crippen LogP contribution in [0.5, 0.6) is 0 Å². The smallest absolute Gasteiger partial charge is 0.256 e. The standard InChI is InChI=1S/C17H19N3O/c1-3-10-7-12(4-2)19-16(10)9-14-13-8-11(18)5-6-15(13)20-17(14)21/h5-9,19H,3-4,18H2,1-2H3,(H,20,21). The molecule has 1 aromatic carbocycles. The van der Waals surface area contributed by atoms with E-state index in [1.165, 1.54) is 11.3 Å². The number of nitrogens with two attached hydrogens (primary N) is 1. The van der Waals surface area contributed by atoms with Gasteiger partial charge in [-0.3, -0.25) is 4.79 Å². The zero-order valence-corrected chi connectivity index (χ0v) is 12.3. The van der Waals surface area contributed by atoms with E-state index in [9.17, 15) is 4.79 Å². The van der Waals surface area contributed by atoms with Gasteiger partial charge < -0.3 is 16.0 Å². The van der Waals surface area contributed by atoms with Crippen molar-refractivity contribution in [3.8, 4) is 0 Å². The summed E-state index contributed by atoms with van der Waals surface area (Å²) in [6.45, 7) is 4.23. The Bertz CT molecular complexity index is 740. The number of hydrogen-bond donors (Lipinski definition) is 3. The number of nitrogens with one attached hydrogen (secondary N) is 2. The van der Waals surface area contributed by atoms with Gasteiger partial charge in [-0.15, -0.1) is 0 Å². The Morgan fingerprint density at radius 2 is 2.00 bits per heavy atom. The van der Waals surface area contributed by atoms with Crippen molar-refractivity contribution in [2.24, 2.45) is 0 Å². The van der Waals surface area contributed by atoms with Crippen LogP contribution in [0, 0.1) is 0 Å². The summed E-state index contributed by atoms with van der Waals surface area (Å²) in [6, 6.07) is 7.65. The Balaban J connectivity index is 2.10. The fourth-order valence-electron chi connectivity index (χ4n) is 2.68. The molecule has 4 N–H and O–H groups in total. The molecule has 0 unspecified atom stereocenters. The van der Waals surface area contributed by atoms with Gasteiger partial charge in [-0.05, 0) is 48.7 Å². The van der Waals surface area contributed by atoms with Crippen LogP contribution in [0.1, 0.15) is 36.4 Å². The highest BCUT2D eigenvalue weighted by atomic mass is 16.2. The molecule has 3 rings (SSSR count). The lowest BCUT2D eigenvalue weighted by atomic mass is 10.0. The highest BCUT2D eigenvalue weighted by Crippen LogP contribution is 2.34. The number of carbonyl (C=O) groups excluding carboxylic acids is 1. The van der Waals surface area contributed by atoms with E-state index in [-0.39, 0.29) is 5.91 Å². The number of anilines is 2. The average molecular weight is 281 g/mol. The van der Waals surface area contributed by atoms with Crippen LogP contribution in [-0.2, 0) is 17.6 Å². The van der Waals surface area contributed by atoms with E-state index in [1.54, 1.807) is 6.07 Å². The largest absolute Gasteiger partial charge is 0.399 e. The van der Waals surface area contributed by atoms with Gasteiger partial charge in [0.2, 0.25) is 0 Å². The number of amides is 1. The minimum Gasteiger partial charge on any atom is -0.399 e. The molecule has 108 valence electrons. The van der Waals surface area contributed by atoms with E-state index >= 15 is 0 Å². The predicted molar refractivity (Wildman–Crippen MR) is 86.9 cm³/mol. The summed E-state index contributed by atoms with van der Waals surface area (Å²) in [4.78, 5) is 15.6. The van der Waals surface area contributed by atoms with Gasteiger partial charge in [-0.1, -0.05) is 13.8 Å². The minimum atomic E-state index is -0.0784. The maximum absolute atomic E-state index is 12.2. The van der Waals surface area contributed by atoms with Crippen LogP contribution < -0.4 is 11.1 Å². The Labute approximate surface area is 124 Å². The Hall–Kier alpha value is -2.49. The summed E-state index contributed by atoms with van der Waals surface area (Å²) in [6.07, 6.45) is 3.81. The van der Waals surface area contributed by atoms with E-state index in [0.717, 1.165) is 29.8 Å². The monoisotopic (exact) mass is 281 g/mol. The van der Waals surface area contributed by atoms with Crippen molar-refractivity contribution in [3.05, 3.63) is 46.8 Å². The van der Waals surface area contributed by atoms with E-state index in [1.807, 2.05) is 18.2 Å². The highest BCUT2D eigenvalue weighted by molar-refractivity contribution is 6.35. The lowest BCUT2D eigenvalue weighted by Crippen LogP contribution is -2.03. The van der Waals surface area contributed by atoms with Gasteiger partial charge in [-0.2, -0.15) is 0 Å². The SMILES string of the molecule is CCc1cc(CC)c(C=C2C(=O)Nc3ccc(N)cc32)[nH]1. The molecule has 0 spiro atoms. The summed E-state index contributed by atoms with van der Waals surface area (Å²) >= 11 is 0. The number of rotatable bonds is 3. The number of aromatic amines is 1. The van der Waals surface area contributed by atoms with Crippen LogP contribution in [0.2, 0.25) is 0 Å². The van der Waals surface area contributed by atoms with Crippen molar-refractivity contribution in [3.63, 3.8) is 0 Å². The quantitative estimate of drug-likeness (QED) is 0.597. The molecule has 0 bridgehead atoms.